The number of amides is 1. The van der Waals surface area contributed by atoms with Crippen LogP contribution in [0.4, 0.5) is 5.82 Å². The highest BCUT2D eigenvalue weighted by atomic mass is 16.2. The number of rotatable bonds is 2. The van der Waals surface area contributed by atoms with E-state index in [1.54, 1.807) is 0 Å². The fraction of sp³-hybridized carbons (Fsp3) is 0.429. The Morgan fingerprint density at radius 1 is 1.32 bits per heavy atom. The number of nitrogens with zero attached hydrogens (tertiary/aromatic N) is 3. The molecule has 0 radical (unpaired) electrons. The molecule has 0 spiro atoms. The maximum atomic E-state index is 11.7. The molecular formula is C14H18N4O. The van der Waals surface area contributed by atoms with Crippen molar-refractivity contribution >= 4 is 22.6 Å². The quantitative estimate of drug-likeness (QED) is 0.890. The molecule has 1 aliphatic rings. The molecule has 5 nitrogen and oxygen atoms in total. The molecule has 19 heavy (non-hydrogen) atoms. The minimum absolute atomic E-state index is 0.241. The van der Waals surface area contributed by atoms with Gasteiger partial charge in [-0.2, -0.15) is 0 Å². The normalized spacial score (nSPS) is 16.1. The summed E-state index contributed by atoms with van der Waals surface area (Å²) in [6, 6.07) is 4.06. The lowest BCUT2D eigenvalue weighted by molar-refractivity contribution is -0.131. The van der Waals surface area contributed by atoms with Gasteiger partial charge in [0, 0.05) is 50.4 Å². The number of carbonyl (C=O) groups excluding carboxylic acids is 1. The van der Waals surface area contributed by atoms with Gasteiger partial charge in [-0.15, -0.1) is 0 Å². The fourth-order valence-corrected chi connectivity index (χ4v) is 2.60. The molecule has 3 heterocycles. The summed E-state index contributed by atoms with van der Waals surface area (Å²) in [6.07, 6.45) is 4.37. The Kier molecular flexibility index (Phi) is 3.11. The zero-order valence-electron chi connectivity index (χ0n) is 11.1. The van der Waals surface area contributed by atoms with Gasteiger partial charge in [-0.3, -0.25) is 4.79 Å². The van der Waals surface area contributed by atoms with Gasteiger partial charge in [0.1, 0.15) is 0 Å². The summed E-state index contributed by atoms with van der Waals surface area (Å²) < 4.78 is 0. The van der Waals surface area contributed by atoms with Crippen LogP contribution in [0.3, 0.4) is 0 Å². The van der Waals surface area contributed by atoms with Crippen molar-refractivity contribution in [2.75, 3.05) is 31.1 Å². The van der Waals surface area contributed by atoms with Crippen LogP contribution in [-0.4, -0.2) is 47.0 Å². The molecule has 1 amide bonds. The van der Waals surface area contributed by atoms with Gasteiger partial charge in [-0.1, -0.05) is 6.92 Å². The Bertz CT molecular complexity index is 584. The zero-order valence-corrected chi connectivity index (χ0v) is 11.1. The third-order valence-electron chi connectivity index (χ3n) is 3.69. The molecule has 1 N–H and O–H groups in total. The van der Waals surface area contributed by atoms with E-state index in [0.29, 0.717) is 6.42 Å². The number of carbonyl (C=O) groups is 1. The molecule has 3 rings (SSSR count). The Balaban J connectivity index is 1.78. The minimum Gasteiger partial charge on any atom is -0.358 e. The van der Waals surface area contributed by atoms with Crippen molar-refractivity contribution in [2.45, 2.75) is 13.3 Å². The van der Waals surface area contributed by atoms with Crippen LogP contribution in [-0.2, 0) is 4.79 Å². The number of hydrogen-bond acceptors (Lipinski definition) is 3. The number of nitrogens with one attached hydrogen (secondary N) is 1. The van der Waals surface area contributed by atoms with Crippen LogP contribution in [0.1, 0.15) is 13.3 Å². The maximum absolute atomic E-state index is 11.7. The Labute approximate surface area is 112 Å². The second kappa shape index (κ2) is 4.91. The number of aromatic amines is 1. The molecule has 1 fully saturated rings. The molecular weight excluding hydrogens is 240 g/mol. The van der Waals surface area contributed by atoms with Crippen LogP contribution in [0, 0.1) is 0 Å². The van der Waals surface area contributed by atoms with Gasteiger partial charge in [0.25, 0.3) is 0 Å². The summed E-state index contributed by atoms with van der Waals surface area (Å²) in [4.78, 5) is 23.6. The lowest BCUT2D eigenvalue weighted by Gasteiger charge is -2.35. The highest BCUT2D eigenvalue weighted by Gasteiger charge is 2.22. The van der Waals surface area contributed by atoms with Crippen molar-refractivity contribution in [3.8, 4) is 0 Å². The van der Waals surface area contributed by atoms with Crippen LogP contribution >= 0.6 is 0 Å². The van der Waals surface area contributed by atoms with E-state index in [-0.39, 0.29) is 5.91 Å². The van der Waals surface area contributed by atoms with Gasteiger partial charge in [-0.05, 0) is 12.1 Å². The van der Waals surface area contributed by atoms with Crippen molar-refractivity contribution in [1.82, 2.24) is 14.9 Å². The van der Waals surface area contributed by atoms with Gasteiger partial charge < -0.3 is 14.8 Å². The van der Waals surface area contributed by atoms with Gasteiger partial charge in [-0.25, -0.2) is 4.98 Å². The second-order valence-electron chi connectivity index (χ2n) is 4.80. The standard InChI is InChI=1S/C14H18N4O/c1-2-12(19)17-7-9-18(10-8-17)14-13-11(3-5-15-13)4-6-16-14/h3-6,15H,2,7-10H2,1H3. The first kappa shape index (κ1) is 12.0. The Morgan fingerprint density at radius 2 is 2.11 bits per heavy atom. The van der Waals surface area contributed by atoms with E-state index in [1.807, 2.05) is 30.3 Å². The molecule has 0 aliphatic carbocycles. The van der Waals surface area contributed by atoms with Crippen molar-refractivity contribution in [3.63, 3.8) is 0 Å². The maximum Gasteiger partial charge on any atom is 0.222 e. The number of aromatic nitrogens is 2. The SMILES string of the molecule is CCC(=O)N1CCN(c2nccc3cc[nH]c23)CC1. The van der Waals surface area contributed by atoms with E-state index in [9.17, 15) is 4.79 Å². The van der Waals surface area contributed by atoms with Crippen molar-refractivity contribution < 1.29 is 4.79 Å². The molecule has 0 atom stereocenters. The third-order valence-corrected chi connectivity index (χ3v) is 3.69. The second-order valence-corrected chi connectivity index (χ2v) is 4.80. The monoisotopic (exact) mass is 258 g/mol. The van der Waals surface area contributed by atoms with E-state index in [0.717, 1.165) is 37.5 Å². The minimum atomic E-state index is 0.241. The summed E-state index contributed by atoms with van der Waals surface area (Å²) in [5.74, 6) is 1.23. The smallest absolute Gasteiger partial charge is 0.222 e. The van der Waals surface area contributed by atoms with Gasteiger partial charge in [0.05, 0.1) is 5.52 Å². The van der Waals surface area contributed by atoms with Crippen LogP contribution < -0.4 is 4.90 Å². The lowest BCUT2D eigenvalue weighted by Crippen LogP contribution is -2.48. The summed E-state index contributed by atoms with van der Waals surface area (Å²) >= 11 is 0. The molecule has 100 valence electrons. The first-order valence-corrected chi connectivity index (χ1v) is 6.74. The molecule has 2 aromatic heterocycles. The van der Waals surface area contributed by atoms with E-state index in [1.165, 1.54) is 5.39 Å². The number of piperazine rings is 1. The topological polar surface area (TPSA) is 52.2 Å². The number of fused-ring (bicyclic) bond motifs is 1. The third kappa shape index (κ3) is 2.16. The Morgan fingerprint density at radius 3 is 2.84 bits per heavy atom. The highest BCUT2D eigenvalue weighted by molar-refractivity contribution is 5.89. The van der Waals surface area contributed by atoms with Crippen LogP contribution in [0.5, 0.6) is 0 Å². The molecule has 0 unspecified atom stereocenters. The van der Waals surface area contributed by atoms with E-state index >= 15 is 0 Å². The van der Waals surface area contributed by atoms with Crippen LogP contribution in [0.25, 0.3) is 10.9 Å². The number of anilines is 1. The summed E-state index contributed by atoms with van der Waals surface area (Å²) in [7, 11) is 0. The predicted octanol–water partition coefficient (Wildman–Crippen LogP) is 1.62. The molecule has 0 aromatic carbocycles. The predicted molar refractivity (Wildman–Crippen MR) is 75.2 cm³/mol. The molecule has 5 heteroatoms. The van der Waals surface area contributed by atoms with E-state index < -0.39 is 0 Å². The number of pyridine rings is 1. The van der Waals surface area contributed by atoms with Crippen molar-refractivity contribution in [1.29, 1.82) is 0 Å². The Hall–Kier alpha value is -2.04. The fourth-order valence-electron chi connectivity index (χ4n) is 2.60. The van der Waals surface area contributed by atoms with Crippen LogP contribution in [0.2, 0.25) is 0 Å². The highest BCUT2D eigenvalue weighted by Crippen LogP contribution is 2.23. The summed E-state index contributed by atoms with van der Waals surface area (Å²) in [5, 5.41) is 1.18. The number of H-pyrrole nitrogens is 1. The molecule has 0 bridgehead atoms. The van der Waals surface area contributed by atoms with E-state index in [4.69, 9.17) is 0 Å². The van der Waals surface area contributed by atoms with Crippen molar-refractivity contribution in [3.05, 3.63) is 24.5 Å². The lowest BCUT2D eigenvalue weighted by atomic mass is 10.2. The summed E-state index contributed by atoms with van der Waals surface area (Å²) in [6.45, 7) is 5.17. The van der Waals surface area contributed by atoms with E-state index in [2.05, 4.69) is 20.9 Å². The van der Waals surface area contributed by atoms with Crippen LogP contribution in [0.15, 0.2) is 24.5 Å². The average molecular weight is 258 g/mol. The largest absolute Gasteiger partial charge is 0.358 e. The first-order valence-electron chi connectivity index (χ1n) is 6.74. The van der Waals surface area contributed by atoms with Gasteiger partial charge >= 0.3 is 0 Å². The molecule has 1 saturated heterocycles. The molecule has 0 saturated carbocycles. The first-order chi connectivity index (χ1) is 9.29. The van der Waals surface area contributed by atoms with Gasteiger partial charge in [0.2, 0.25) is 5.91 Å². The average Bonchev–Trinajstić information content (AvgIpc) is 2.95. The molecule has 1 aliphatic heterocycles. The van der Waals surface area contributed by atoms with Crippen molar-refractivity contribution in [2.24, 2.45) is 0 Å². The number of hydrogen-bond donors (Lipinski definition) is 1. The summed E-state index contributed by atoms with van der Waals surface area (Å²) in [5.41, 5.74) is 1.08. The zero-order chi connectivity index (χ0) is 13.2. The van der Waals surface area contributed by atoms with Gasteiger partial charge in [0.15, 0.2) is 5.82 Å². The molecule has 2 aromatic rings.